The number of benzene rings is 1. The lowest BCUT2D eigenvalue weighted by atomic mass is 10.0. The maximum Gasteiger partial charge on any atom is 0.292 e. The molecule has 17 heavy (non-hydrogen) atoms. The first kappa shape index (κ1) is 13.7. The van der Waals surface area contributed by atoms with E-state index in [0.29, 0.717) is 10.7 Å². The number of nitro groups is 1. The molecule has 1 N–H and O–H groups in total. The number of aliphatic hydroxyl groups excluding tert-OH is 1. The summed E-state index contributed by atoms with van der Waals surface area (Å²) in [4.78, 5) is 12.1. The Bertz CT molecular complexity index is 435. The third-order valence-electron chi connectivity index (χ3n) is 2.79. The summed E-state index contributed by atoms with van der Waals surface area (Å²) in [6.45, 7) is 3.46. The van der Waals surface area contributed by atoms with Gasteiger partial charge in [-0.15, -0.1) is 0 Å². The Morgan fingerprint density at radius 1 is 1.53 bits per heavy atom. The van der Waals surface area contributed by atoms with E-state index in [9.17, 15) is 15.2 Å². The third-order valence-corrected chi connectivity index (χ3v) is 3.03. The summed E-state index contributed by atoms with van der Waals surface area (Å²) >= 11 is 5.85. The van der Waals surface area contributed by atoms with Crippen LogP contribution in [0, 0.1) is 10.1 Å². The predicted molar refractivity (Wildman–Crippen MR) is 67.7 cm³/mol. The number of aliphatic hydroxyl groups is 1. The summed E-state index contributed by atoms with van der Waals surface area (Å²) in [6, 6.07) is 4.36. The van der Waals surface area contributed by atoms with E-state index in [4.69, 9.17) is 11.6 Å². The molecule has 1 aromatic carbocycles. The second-order valence-corrected chi connectivity index (χ2v) is 4.86. The fraction of sp³-hybridized carbons (Fsp3) is 0.455. The van der Waals surface area contributed by atoms with E-state index < -0.39 is 10.5 Å². The summed E-state index contributed by atoms with van der Waals surface area (Å²) in [6.07, 6.45) is 0. The Kier molecular flexibility index (Phi) is 3.95. The number of halogens is 1. The van der Waals surface area contributed by atoms with Gasteiger partial charge in [-0.3, -0.25) is 10.1 Å². The van der Waals surface area contributed by atoms with Crippen molar-refractivity contribution in [2.24, 2.45) is 0 Å². The number of hydrogen-bond acceptors (Lipinski definition) is 4. The number of nitrogens with zero attached hydrogens (tertiary/aromatic N) is 2. The van der Waals surface area contributed by atoms with Crippen LogP contribution in [-0.2, 0) is 0 Å². The SMILES string of the molecule is CN(c1cc(Cl)ccc1[N+](=O)[O-])C(C)(C)CO. The van der Waals surface area contributed by atoms with E-state index in [2.05, 4.69) is 0 Å². The lowest BCUT2D eigenvalue weighted by Gasteiger charge is -2.35. The topological polar surface area (TPSA) is 66.6 Å². The molecule has 0 aromatic heterocycles. The van der Waals surface area contributed by atoms with Gasteiger partial charge in [-0.1, -0.05) is 11.6 Å². The number of anilines is 1. The number of rotatable bonds is 4. The maximum absolute atomic E-state index is 10.9. The highest BCUT2D eigenvalue weighted by atomic mass is 35.5. The highest BCUT2D eigenvalue weighted by Crippen LogP contribution is 2.33. The first-order valence-electron chi connectivity index (χ1n) is 5.08. The van der Waals surface area contributed by atoms with Crippen molar-refractivity contribution >= 4 is 23.0 Å². The van der Waals surface area contributed by atoms with Crippen molar-refractivity contribution in [2.45, 2.75) is 19.4 Å². The van der Waals surface area contributed by atoms with Crippen LogP contribution in [-0.4, -0.2) is 29.2 Å². The van der Waals surface area contributed by atoms with Crippen LogP contribution in [0.25, 0.3) is 0 Å². The average Bonchev–Trinajstić information content (AvgIpc) is 2.27. The van der Waals surface area contributed by atoms with E-state index in [0.717, 1.165) is 0 Å². The average molecular weight is 259 g/mol. The van der Waals surface area contributed by atoms with Crippen molar-refractivity contribution in [3.05, 3.63) is 33.3 Å². The van der Waals surface area contributed by atoms with E-state index in [1.54, 1.807) is 25.8 Å². The zero-order valence-electron chi connectivity index (χ0n) is 9.98. The second-order valence-electron chi connectivity index (χ2n) is 4.42. The molecule has 0 radical (unpaired) electrons. The minimum absolute atomic E-state index is 0.0292. The van der Waals surface area contributed by atoms with Crippen LogP contribution < -0.4 is 4.90 Å². The van der Waals surface area contributed by atoms with Gasteiger partial charge in [0, 0.05) is 18.1 Å². The largest absolute Gasteiger partial charge is 0.394 e. The van der Waals surface area contributed by atoms with Crippen LogP contribution in [0.1, 0.15) is 13.8 Å². The van der Waals surface area contributed by atoms with Gasteiger partial charge in [0.15, 0.2) is 0 Å². The minimum Gasteiger partial charge on any atom is -0.394 e. The van der Waals surface area contributed by atoms with Gasteiger partial charge in [0.2, 0.25) is 0 Å². The Morgan fingerprint density at radius 3 is 2.59 bits per heavy atom. The summed E-state index contributed by atoms with van der Waals surface area (Å²) in [7, 11) is 1.69. The molecule has 94 valence electrons. The van der Waals surface area contributed by atoms with Crippen LogP contribution in [0.4, 0.5) is 11.4 Å². The molecule has 0 aliphatic carbocycles. The summed E-state index contributed by atoms with van der Waals surface area (Å²) < 4.78 is 0. The molecule has 0 saturated heterocycles. The van der Waals surface area contributed by atoms with E-state index >= 15 is 0 Å². The van der Waals surface area contributed by atoms with Gasteiger partial charge in [-0.2, -0.15) is 0 Å². The van der Waals surface area contributed by atoms with Crippen LogP contribution in [0.3, 0.4) is 0 Å². The van der Waals surface area contributed by atoms with Crippen LogP contribution in [0.2, 0.25) is 5.02 Å². The lowest BCUT2D eigenvalue weighted by molar-refractivity contribution is -0.384. The molecule has 0 saturated carbocycles. The van der Waals surface area contributed by atoms with Crippen LogP contribution in [0.15, 0.2) is 18.2 Å². The molecular formula is C11H15ClN2O3. The van der Waals surface area contributed by atoms with Crippen molar-refractivity contribution in [2.75, 3.05) is 18.6 Å². The molecule has 0 bridgehead atoms. The second kappa shape index (κ2) is 4.89. The molecular weight excluding hydrogens is 244 g/mol. The molecule has 5 nitrogen and oxygen atoms in total. The molecule has 1 aromatic rings. The highest BCUT2D eigenvalue weighted by molar-refractivity contribution is 6.31. The van der Waals surface area contributed by atoms with Gasteiger partial charge in [0.1, 0.15) is 5.69 Å². The van der Waals surface area contributed by atoms with E-state index in [1.165, 1.54) is 18.2 Å². The Morgan fingerprint density at radius 2 is 2.12 bits per heavy atom. The molecule has 0 heterocycles. The maximum atomic E-state index is 10.9. The molecule has 0 aliphatic rings. The number of hydrogen-bond donors (Lipinski definition) is 1. The smallest absolute Gasteiger partial charge is 0.292 e. The zero-order valence-corrected chi connectivity index (χ0v) is 10.7. The number of likely N-dealkylation sites (N-methyl/N-ethyl adjacent to an activating group) is 1. The van der Waals surface area contributed by atoms with Crippen molar-refractivity contribution < 1.29 is 10.0 Å². The van der Waals surface area contributed by atoms with Crippen LogP contribution in [0.5, 0.6) is 0 Å². The molecule has 0 fully saturated rings. The highest BCUT2D eigenvalue weighted by Gasteiger charge is 2.28. The quantitative estimate of drug-likeness (QED) is 0.665. The monoisotopic (exact) mass is 258 g/mol. The Hall–Kier alpha value is -1.33. The fourth-order valence-electron chi connectivity index (χ4n) is 1.35. The van der Waals surface area contributed by atoms with Gasteiger partial charge in [0.25, 0.3) is 5.69 Å². The van der Waals surface area contributed by atoms with Crippen molar-refractivity contribution in [1.29, 1.82) is 0 Å². The summed E-state index contributed by atoms with van der Waals surface area (Å²) in [5.74, 6) is 0. The summed E-state index contributed by atoms with van der Waals surface area (Å²) in [5, 5.41) is 20.6. The van der Waals surface area contributed by atoms with Gasteiger partial charge in [-0.05, 0) is 26.0 Å². The van der Waals surface area contributed by atoms with Crippen molar-refractivity contribution in [3.8, 4) is 0 Å². The van der Waals surface area contributed by atoms with Crippen molar-refractivity contribution in [1.82, 2.24) is 0 Å². The molecule has 0 aliphatic heterocycles. The zero-order chi connectivity index (χ0) is 13.2. The predicted octanol–water partition coefficient (Wildman–Crippen LogP) is 2.46. The molecule has 0 spiro atoms. The first-order chi connectivity index (χ1) is 7.79. The molecule has 0 unspecified atom stereocenters. The summed E-state index contributed by atoms with van der Waals surface area (Å²) in [5.41, 5.74) is -0.241. The van der Waals surface area contributed by atoms with Crippen LogP contribution >= 0.6 is 11.6 Å². The van der Waals surface area contributed by atoms with E-state index in [-0.39, 0.29) is 12.3 Å². The normalized spacial score (nSPS) is 11.4. The fourth-order valence-corrected chi connectivity index (χ4v) is 1.52. The van der Waals surface area contributed by atoms with Crippen molar-refractivity contribution in [3.63, 3.8) is 0 Å². The van der Waals surface area contributed by atoms with Gasteiger partial charge in [-0.25, -0.2) is 0 Å². The molecule has 0 amide bonds. The molecule has 1 rings (SSSR count). The Labute approximate surface area is 105 Å². The molecule has 0 atom stereocenters. The third kappa shape index (κ3) is 2.87. The number of nitro benzene ring substituents is 1. The standard InChI is InChI=1S/C11H15ClN2O3/c1-11(2,7-15)13(3)10-6-8(12)4-5-9(10)14(16)17/h4-6,15H,7H2,1-3H3. The Balaban J connectivity index is 3.29. The van der Waals surface area contributed by atoms with Gasteiger partial charge >= 0.3 is 0 Å². The minimum atomic E-state index is -0.602. The van der Waals surface area contributed by atoms with E-state index in [1.807, 2.05) is 0 Å². The van der Waals surface area contributed by atoms with Gasteiger partial charge in [0.05, 0.1) is 17.1 Å². The van der Waals surface area contributed by atoms with Gasteiger partial charge < -0.3 is 10.0 Å². The first-order valence-corrected chi connectivity index (χ1v) is 5.46. The lowest BCUT2D eigenvalue weighted by Crippen LogP contribution is -2.44. The molecule has 6 heteroatoms.